The number of amides is 2. The first-order chi connectivity index (χ1) is 11.2. The van der Waals surface area contributed by atoms with Gasteiger partial charge in [0.15, 0.2) is 0 Å². The maximum absolute atomic E-state index is 12.6. The van der Waals surface area contributed by atoms with E-state index < -0.39 is 5.41 Å². The molecule has 2 aliphatic rings. The number of fused-ring (bicyclic) bond motifs is 1. The first-order valence-corrected chi connectivity index (χ1v) is 8.41. The van der Waals surface area contributed by atoms with Crippen molar-refractivity contribution in [3.8, 4) is 0 Å². The molecule has 1 aromatic carbocycles. The topological polar surface area (TPSA) is 75.2 Å². The second-order valence-corrected chi connectivity index (χ2v) is 6.93. The number of piperidine rings is 1. The molecule has 1 saturated heterocycles. The van der Waals surface area contributed by atoms with E-state index in [4.69, 9.17) is 0 Å². The average molecular weight is 328 g/mol. The molecule has 6 nitrogen and oxygen atoms in total. The van der Waals surface area contributed by atoms with Crippen LogP contribution in [0, 0.1) is 5.41 Å². The van der Waals surface area contributed by atoms with Gasteiger partial charge in [0.25, 0.3) is 5.91 Å². The highest BCUT2D eigenvalue weighted by Gasteiger charge is 2.45. The molecule has 0 radical (unpaired) electrons. The molecule has 2 aromatic rings. The van der Waals surface area contributed by atoms with Crippen LogP contribution in [0.4, 0.5) is 5.69 Å². The summed E-state index contributed by atoms with van der Waals surface area (Å²) in [7, 11) is 0. The summed E-state index contributed by atoms with van der Waals surface area (Å²) in [6, 6.07) is 7.94. The van der Waals surface area contributed by atoms with Gasteiger partial charge in [-0.05, 0) is 42.4 Å². The molecular weight excluding hydrogens is 312 g/mol. The van der Waals surface area contributed by atoms with Gasteiger partial charge in [0, 0.05) is 18.8 Å². The minimum atomic E-state index is -0.392. The lowest BCUT2D eigenvalue weighted by Crippen LogP contribution is -2.51. The lowest BCUT2D eigenvalue weighted by atomic mass is 9.71. The second kappa shape index (κ2) is 5.42. The Morgan fingerprint density at radius 3 is 2.78 bits per heavy atom. The van der Waals surface area contributed by atoms with Crippen molar-refractivity contribution in [1.29, 1.82) is 0 Å². The minimum Gasteiger partial charge on any atom is -0.338 e. The van der Waals surface area contributed by atoms with Crippen molar-refractivity contribution in [2.45, 2.75) is 19.3 Å². The molecule has 118 valence electrons. The summed E-state index contributed by atoms with van der Waals surface area (Å²) in [5.41, 5.74) is 1.70. The number of nitrogens with one attached hydrogen (secondary N) is 1. The SMILES string of the molecule is O=C(c1cnns1)N1CCC2(CC1)Cc1ccccc1NC2=O. The van der Waals surface area contributed by atoms with E-state index in [0.717, 1.165) is 23.6 Å². The van der Waals surface area contributed by atoms with Gasteiger partial charge in [-0.25, -0.2) is 0 Å². The van der Waals surface area contributed by atoms with Gasteiger partial charge in [0.2, 0.25) is 5.91 Å². The molecule has 1 aromatic heterocycles. The van der Waals surface area contributed by atoms with Crippen LogP contribution in [0.25, 0.3) is 0 Å². The summed E-state index contributed by atoms with van der Waals surface area (Å²) in [6.45, 7) is 1.18. The highest BCUT2D eigenvalue weighted by atomic mass is 32.1. The molecule has 1 fully saturated rings. The summed E-state index contributed by atoms with van der Waals surface area (Å²) in [6.07, 6.45) is 3.62. The lowest BCUT2D eigenvalue weighted by Gasteiger charge is -2.43. The van der Waals surface area contributed by atoms with Crippen LogP contribution >= 0.6 is 11.5 Å². The molecule has 0 bridgehead atoms. The van der Waals surface area contributed by atoms with Gasteiger partial charge >= 0.3 is 0 Å². The summed E-state index contributed by atoms with van der Waals surface area (Å²) in [4.78, 5) is 27.3. The number of para-hydroxylation sites is 1. The third-order valence-corrected chi connectivity index (χ3v) is 5.51. The number of nitrogens with zero attached hydrogens (tertiary/aromatic N) is 3. The standard InChI is InChI=1S/C16H16N4O2S/c21-14(13-10-17-19-23-13)20-7-5-16(6-8-20)9-11-3-1-2-4-12(11)18-15(16)22/h1-4,10H,5-9H2,(H,18,22). The van der Waals surface area contributed by atoms with E-state index in [2.05, 4.69) is 21.0 Å². The Labute approximate surface area is 137 Å². The molecule has 0 saturated carbocycles. The molecule has 7 heteroatoms. The van der Waals surface area contributed by atoms with Crippen molar-refractivity contribution >= 4 is 29.0 Å². The van der Waals surface area contributed by atoms with Gasteiger partial charge in [-0.1, -0.05) is 22.7 Å². The number of benzene rings is 1. The average Bonchev–Trinajstić information content (AvgIpc) is 3.11. The van der Waals surface area contributed by atoms with Crippen molar-refractivity contribution in [2.75, 3.05) is 18.4 Å². The highest BCUT2D eigenvalue weighted by molar-refractivity contribution is 7.07. The van der Waals surface area contributed by atoms with E-state index in [-0.39, 0.29) is 11.8 Å². The lowest BCUT2D eigenvalue weighted by molar-refractivity contribution is -0.128. The number of rotatable bonds is 1. The third kappa shape index (κ3) is 2.41. The molecule has 2 amide bonds. The minimum absolute atomic E-state index is 0.0357. The van der Waals surface area contributed by atoms with Gasteiger partial charge in [-0.15, -0.1) is 5.10 Å². The first kappa shape index (κ1) is 14.3. The van der Waals surface area contributed by atoms with Crippen LogP contribution in [0.1, 0.15) is 28.1 Å². The van der Waals surface area contributed by atoms with E-state index in [1.54, 1.807) is 4.90 Å². The fourth-order valence-electron chi connectivity index (χ4n) is 3.46. The van der Waals surface area contributed by atoms with E-state index in [1.807, 2.05) is 18.2 Å². The number of carbonyl (C=O) groups excluding carboxylic acids is 2. The van der Waals surface area contributed by atoms with E-state index in [9.17, 15) is 9.59 Å². The molecule has 23 heavy (non-hydrogen) atoms. The predicted molar refractivity (Wildman–Crippen MR) is 86.3 cm³/mol. The van der Waals surface area contributed by atoms with Crippen molar-refractivity contribution in [3.05, 3.63) is 40.9 Å². The molecular formula is C16H16N4O2S. The van der Waals surface area contributed by atoms with Crippen LogP contribution in [-0.2, 0) is 11.2 Å². The molecule has 1 N–H and O–H groups in total. The Bertz CT molecular complexity index is 751. The van der Waals surface area contributed by atoms with Gasteiger partial charge in [0.05, 0.1) is 11.6 Å². The first-order valence-electron chi connectivity index (χ1n) is 7.64. The van der Waals surface area contributed by atoms with Crippen LogP contribution in [-0.4, -0.2) is 39.4 Å². The van der Waals surface area contributed by atoms with E-state index in [1.165, 1.54) is 11.8 Å². The molecule has 4 rings (SSSR count). The van der Waals surface area contributed by atoms with Gasteiger partial charge in [-0.3, -0.25) is 9.59 Å². The molecule has 0 aliphatic carbocycles. The van der Waals surface area contributed by atoms with E-state index >= 15 is 0 Å². The molecule has 2 aliphatic heterocycles. The molecule has 1 spiro atoms. The number of aromatic nitrogens is 2. The van der Waals surface area contributed by atoms with Gasteiger partial charge in [0.1, 0.15) is 4.88 Å². The Morgan fingerprint density at radius 1 is 1.26 bits per heavy atom. The summed E-state index contributed by atoms with van der Waals surface area (Å²) < 4.78 is 3.74. The van der Waals surface area contributed by atoms with Crippen LogP contribution in [0.15, 0.2) is 30.5 Å². The van der Waals surface area contributed by atoms with Crippen molar-refractivity contribution in [3.63, 3.8) is 0 Å². The fourth-order valence-corrected chi connectivity index (χ4v) is 3.94. The number of carbonyl (C=O) groups is 2. The molecule has 0 atom stereocenters. The van der Waals surface area contributed by atoms with Crippen LogP contribution in [0.3, 0.4) is 0 Å². The number of hydrogen-bond acceptors (Lipinski definition) is 5. The Balaban J connectivity index is 1.51. The van der Waals surface area contributed by atoms with Gasteiger partial charge in [-0.2, -0.15) is 0 Å². The second-order valence-electron chi connectivity index (χ2n) is 6.14. The third-order valence-electron chi connectivity index (χ3n) is 4.86. The predicted octanol–water partition coefficient (Wildman–Crippen LogP) is 1.96. The maximum atomic E-state index is 12.6. The zero-order valence-electron chi connectivity index (χ0n) is 12.5. The summed E-state index contributed by atoms with van der Waals surface area (Å²) in [5, 5.41) is 6.75. The Kier molecular flexibility index (Phi) is 3.37. The largest absolute Gasteiger partial charge is 0.338 e. The number of anilines is 1. The Morgan fingerprint density at radius 2 is 2.04 bits per heavy atom. The van der Waals surface area contributed by atoms with E-state index in [0.29, 0.717) is 30.8 Å². The van der Waals surface area contributed by atoms with Crippen molar-refractivity contribution in [1.82, 2.24) is 14.5 Å². The fraction of sp³-hybridized carbons (Fsp3) is 0.375. The number of likely N-dealkylation sites (tertiary alicyclic amines) is 1. The Hall–Kier alpha value is -2.28. The van der Waals surface area contributed by atoms with Crippen molar-refractivity contribution in [2.24, 2.45) is 5.41 Å². The van der Waals surface area contributed by atoms with Crippen LogP contribution in [0.2, 0.25) is 0 Å². The van der Waals surface area contributed by atoms with Crippen LogP contribution < -0.4 is 5.32 Å². The summed E-state index contributed by atoms with van der Waals surface area (Å²) >= 11 is 1.11. The maximum Gasteiger partial charge on any atom is 0.267 e. The summed E-state index contributed by atoms with van der Waals surface area (Å²) in [5.74, 6) is 0.0502. The molecule has 0 unspecified atom stereocenters. The highest BCUT2D eigenvalue weighted by Crippen LogP contribution is 2.41. The zero-order valence-corrected chi connectivity index (χ0v) is 13.3. The van der Waals surface area contributed by atoms with Crippen LogP contribution in [0.5, 0.6) is 0 Å². The zero-order chi connectivity index (χ0) is 15.9. The van der Waals surface area contributed by atoms with Crippen molar-refractivity contribution < 1.29 is 9.59 Å². The van der Waals surface area contributed by atoms with Gasteiger partial charge < -0.3 is 10.2 Å². The monoisotopic (exact) mass is 328 g/mol. The quantitative estimate of drug-likeness (QED) is 0.868. The smallest absolute Gasteiger partial charge is 0.267 e. The normalized spacial score (nSPS) is 19.3. The number of hydrogen-bond donors (Lipinski definition) is 1. The molecule has 3 heterocycles.